The number of rotatable bonds is 2. The van der Waals surface area contributed by atoms with Gasteiger partial charge in [0.05, 0.1) is 29.5 Å². The first kappa shape index (κ1) is 14.3. The summed E-state index contributed by atoms with van der Waals surface area (Å²) in [6, 6.07) is 0. The highest BCUT2D eigenvalue weighted by atomic mass is 16.6. The summed E-state index contributed by atoms with van der Waals surface area (Å²) in [5, 5.41) is 19.1. The molecule has 4 nitrogen and oxygen atoms in total. The summed E-state index contributed by atoms with van der Waals surface area (Å²) in [5.41, 5.74) is -1.19. The van der Waals surface area contributed by atoms with E-state index >= 15 is 0 Å². The second kappa shape index (κ2) is 4.44. The van der Waals surface area contributed by atoms with Gasteiger partial charge in [-0.25, -0.2) is 0 Å². The number of ether oxygens (including phenoxy) is 2. The van der Waals surface area contributed by atoms with Gasteiger partial charge in [0.2, 0.25) is 0 Å². The Hall–Kier alpha value is -0.160. The fraction of sp³-hybridized carbons (Fsp3) is 1.00. The average molecular weight is 258 g/mol. The van der Waals surface area contributed by atoms with Gasteiger partial charge in [0.25, 0.3) is 0 Å². The van der Waals surface area contributed by atoms with E-state index in [1.807, 2.05) is 6.92 Å². The minimum absolute atomic E-state index is 0.0128. The number of aliphatic hydroxyl groups is 2. The minimum atomic E-state index is -0.854. The molecule has 2 saturated heterocycles. The Morgan fingerprint density at radius 2 is 1.89 bits per heavy atom. The van der Waals surface area contributed by atoms with Crippen molar-refractivity contribution >= 4 is 0 Å². The van der Waals surface area contributed by atoms with Crippen LogP contribution in [0.15, 0.2) is 0 Å². The van der Waals surface area contributed by atoms with E-state index in [9.17, 15) is 5.11 Å². The summed E-state index contributed by atoms with van der Waals surface area (Å²) >= 11 is 0. The van der Waals surface area contributed by atoms with Crippen molar-refractivity contribution in [2.24, 2.45) is 0 Å². The lowest BCUT2D eigenvalue weighted by Gasteiger charge is -2.33. The summed E-state index contributed by atoms with van der Waals surface area (Å²) in [7, 11) is 0. The number of aliphatic hydroxyl groups excluding tert-OH is 2. The van der Waals surface area contributed by atoms with E-state index in [-0.39, 0.29) is 23.9 Å². The van der Waals surface area contributed by atoms with Crippen LogP contribution in [0.4, 0.5) is 0 Å². The largest absolute Gasteiger partial charge is 0.394 e. The van der Waals surface area contributed by atoms with Crippen molar-refractivity contribution in [1.29, 1.82) is 0 Å². The lowest BCUT2D eigenvalue weighted by atomic mass is 9.89. The van der Waals surface area contributed by atoms with Crippen molar-refractivity contribution in [2.75, 3.05) is 6.61 Å². The Bertz CT molecular complexity index is 317. The molecular weight excluding hydrogens is 232 g/mol. The summed E-state index contributed by atoms with van der Waals surface area (Å²) in [5.74, 6) is 0. The Kier molecular flexibility index (Phi) is 3.52. The third-order valence-corrected chi connectivity index (χ3v) is 4.53. The zero-order chi connectivity index (χ0) is 13.6. The van der Waals surface area contributed by atoms with Crippen LogP contribution < -0.4 is 0 Å². The fourth-order valence-electron chi connectivity index (χ4n) is 3.31. The van der Waals surface area contributed by atoms with Crippen LogP contribution >= 0.6 is 0 Å². The molecule has 2 rings (SSSR count). The summed E-state index contributed by atoms with van der Waals surface area (Å²) in [4.78, 5) is 0. The summed E-state index contributed by atoms with van der Waals surface area (Å²) in [6.07, 6.45) is 2.80. The van der Waals surface area contributed by atoms with E-state index in [1.54, 1.807) is 0 Å². The molecule has 2 aliphatic heterocycles. The van der Waals surface area contributed by atoms with Gasteiger partial charge in [0, 0.05) is 6.42 Å². The van der Waals surface area contributed by atoms with Crippen LogP contribution in [-0.2, 0) is 9.47 Å². The Labute approximate surface area is 109 Å². The maximum atomic E-state index is 9.95. The maximum Gasteiger partial charge on any atom is 0.106 e. The van der Waals surface area contributed by atoms with Gasteiger partial charge in [-0.1, -0.05) is 0 Å². The molecule has 2 N–H and O–H groups in total. The molecule has 4 atom stereocenters. The van der Waals surface area contributed by atoms with Gasteiger partial charge in [-0.3, -0.25) is 0 Å². The smallest absolute Gasteiger partial charge is 0.106 e. The highest BCUT2D eigenvalue weighted by molar-refractivity contribution is 5.05. The molecule has 0 saturated carbocycles. The van der Waals surface area contributed by atoms with Gasteiger partial charge in [-0.05, 0) is 47.0 Å². The Balaban J connectivity index is 2.21. The zero-order valence-electron chi connectivity index (χ0n) is 11.9. The van der Waals surface area contributed by atoms with Crippen LogP contribution in [-0.4, -0.2) is 45.8 Å². The molecule has 18 heavy (non-hydrogen) atoms. The van der Waals surface area contributed by atoms with Crippen LogP contribution in [0, 0.1) is 0 Å². The van der Waals surface area contributed by atoms with Crippen LogP contribution in [0.3, 0.4) is 0 Å². The standard InChI is InChI=1S/C14H26O4/c1-12(2)6-5-7-13(3)11(17-12)8-14(4,18-13)10(16)9-15/h10-11,15-16H,5-9H2,1-4H3/t10-,11+,13-,14+/m0/s1. The van der Waals surface area contributed by atoms with Crippen molar-refractivity contribution in [2.45, 2.75) is 82.4 Å². The van der Waals surface area contributed by atoms with E-state index in [4.69, 9.17) is 14.6 Å². The molecule has 0 radical (unpaired) electrons. The molecule has 0 spiro atoms. The predicted molar refractivity (Wildman–Crippen MR) is 68.4 cm³/mol. The van der Waals surface area contributed by atoms with E-state index in [1.165, 1.54) is 0 Å². The van der Waals surface area contributed by atoms with Crippen LogP contribution in [0.2, 0.25) is 0 Å². The summed E-state index contributed by atoms with van der Waals surface area (Å²) < 4.78 is 12.3. The van der Waals surface area contributed by atoms with Crippen molar-refractivity contribution in [1.82, 2.24) is 0 Å². The first-order valence-electron chi connectivity index (χ1n) is 6.88. The lowest BCUT2D eigenvalue weighted by Crippen LogP contribution is -2.43. The fourth-order valence-corrected chi connectivity index (χ4v) is 3.31. The van der Waals surface area contributed by atoms with Gasteiger partial charge in [0.1, 0.15) is 6.10 Å². The van der Waals surface area contributed by atoms with Crippen molar-refractivity contribution < 1.29 is 19.7 Å². The molecule has 2 heterocycles. The van der Waals surface area contributed by atoms with E-state index in [2.05, 4.69) is 20.8 Å². The second-order valence-corrected chi connectivity index (χ2v) is 6.85. The lowest BCUT2D eigenvalue weighted by molar-refractivity contribution is -0.169. The molecule has 2 fully saturated rings. The molecule has 0 unspecified atom stereocenters. The van der Waals surface area contributed by atoms with E-state index < -0.39 is 11.7 Å². The molecule has 0 bridgehead atoms. The van der Waals surface area contributed by atoms with E-state index in [0.717, 1.165) is 19.3 Å². The van der Waals surface area contributed by atoms with Gasteiger partial charge in [0.15, 0.2) is 0 Å². The third kappa shape index (κ3) is 2.44. The normalized spacial score (nSPS) is 45.3. The first-order chi connectivity index (χ1) is 8.21. The predicted octanol–water partition coefficient (Wildman–Crippen LogP) is 1.62. The first-order valence-corrected chi connectivity index (χ1v) is 6.88. The van der Waals surface area contributed by atoms with Gasteiger partial charge < -0.3 is 19.7 Å². The molecular formula is C14H26O4. The molecule has 0 aromatic rings. The maximum absolute atomic E-state index is 9.95. The van der Waals surface area contributed by atoms with Gasteiger partial charge in [-0.2, -0.15) is 0 Å². The average Bonchev–Trinajstić information content (AvgIpc) is 2.43. The number of hydrogen-bond acceptors (Lipinski definition) is 4. The number of hydrogen-bond donors (Lipinski definition) is 2. The highest BCUT2D eigenvalue weighted by Crippen LogP contribution is 2.47. The van der Waals surface area contributed by atoms with Crippen molar-refractivity contribution in [3.05, 3.63) is 0 Å². The molecule has 0 aliphatic carbocycles. The number of fused-ring (bicyclic) bond motifs is 1. The van der Waals surface area contributed by atoms with Gasteiger partial charge in [-0.15, -0.1) is 0 Å². The monoisotopic (exact) mass is 258 g/mol. The van der Waals surface area contributed by atoms with Crippen molar-refractivity contribution in [3.8, 4) is 0 Å². The molecule has 106 valence electrons. The Morgan fingerprint density at radius 3 is 2.50 bits per heavy atom. The molecule has 0 aromatic carbocycles. The summed E-state index contributed by atoms with van der Waals surface area (Å²) in [6.45, 7) is 7.87. The van der Waals surface area contributed by atoms with E-state index in [0.29, 0.717) is 6.42 Å². The second-order valence-electron chi connectivity index (χ2n) is 6.85. The molecule has 0 aromatic heterocycles. The molecule has 4 heteroatoms. The van der Waals surface area contributed by atoms with Crippen LogP contribution in [0.5, 0.6) is 0 Å². The Morgan fingerprint density at radius 1 is 1.22 bits per heavy atom. The van der Waals surface area contributed by atoms with Crippen LogP contribution in [0.25, 0.3) is 0 Å². The SMILES string of the molecule is CC1(C)CCC[C@]2(C)O[C@@](C)([C@@H](O)CO)C[C@H]2O1. The van der Waals surface area contributed by atoms with Gasteiger partial charge >= 0.3 is 0 Å². The minimum Gasteiger partial charge on any atom is -0.394 e. The van der Waals surface area contributed by atoms with Crippen molar-refractivity contribution in [3.63, 3.8) is 0 Å². The molecule has 0 amide bonds. The highest BCUT2D eigenvalue weighted by Gasteiger charge is 2.56. The van der Waals surface area contributed by atoms with Crippen LogP contribution in [0.1, 0.15) is 53.4 Å². The zero-order valence-corrected chi connectivity index (χ0v) is 11.9. The quantitative estimate of drug-likeness (QED) is 0.790. The topological polar surface area (TPSA) is 58.9 Å². The third-order valence-electron chi connectivity index (χ3n) is 4.53. The molecule has 2 aliphatic rings.